The standard InChI is InChI=1S/C8H17N5/c1-5-8(3,6-2)9-7-10-11-12-13(7)4/h5-6H2,1-4H3,(H,9,10,12). The summed E-state index contributed by atoms with van der Waals surface area (Å²) >= 11 is 0. The van der Waals surface area contributed by atoms with Crippen molar-refractivity contribution in [1.82, 2.24) is 20.2 Å². The second kappa shape index (κ2) is 3.72. The Morgan fingerprint density at radius 3 is 2.38 bits per heavy atom. The molecule has 1 rings (SSSR count). The fourth-order valence-corrected chi connectivity index (χ4v) is 1.03. The summed E-state index contributed by atoms with van der Waals surface area (Å²) in [5, 5.41) is 14.6. The van der Waals surface area contributed by atoms with Gasteiger partial charge in [0.15, 0.2) is 0 Å². The topological polar surface area (TPSA) is 55.6 Å². The van der Waals surface area contributed by atoms with Crippen molar-refractivity contribution in [2.45, 2.75) is 39.2 Å². The van der Waals surface area contributed by atoms with Crippen molar-refractivity contribution in [1.29, 1.82) is 0 Å². The Hall–Kier alpha value is -1.13. The van der Waals surface area contributed by atoms with Crippen LogP contribution in [0.2, 0.25) is 0 Å². The summed E-state index contributed by atoms with van der Waals surface area (Å²) in [5.41, 5.74) is 0.0858. The lowest BCUT2D eigenvalue weighted by molar-refractivity contribution is 0.471. The van der Waals surface area contributed by atoms with Gasteiger partial charge in [0.2, 0.25) is 5.95 Å². The highest BCUT2D eigenvalue weighted by Gasteiger charge is 2.21. The Bertz CT molecular complexity index is 263. The number of tetrazole rings is 1. The molecule has 0 atom stereocenters. The summed E-state index contributed by atoms with van der Waals surface area (Å²) in [6, 6.07) is 0. The maximum Gasteiger partial charge on any atom is 0.243 e. The molecule has 0 saturated carbocycles. The second-order valence-corrected chi connectivity index (χ2v) is 3.52. The molecule has 0 spiro atoms. The molecule has 0 aromatic carbocycles. The number of aryl methyl sites for hydroxylation is 1. The molecule has 0 radical (unpaired) electrons. The van der Waals surface area contributed by atoms with Gasteiger partial charge >= 0.3 is 0 Å². The van der Waals surface area contributed by atoms with Gasteiger partial charge in [-0.05, 0) is 30.2 Å². The second-order valence-electron chi connectivity index (χ2n) is 3.52. The molecule has 1 aromatic rings. The Labute approximate surface area is 78.5 Å². The van der Waals surface area contributed by atoms with Gasteiger partial charge in [0.05, 0.1) is 0 Å². The normalized spacial score (nSPS) is 11.7. The van der Waals surface area contributed by atoms with Crippen molar-refractivity contribution in [2.24, 2.45) is 7.05 Å². The number of hydrogen-bond donors (Lipinski definition) is 1. The van der Waals surface area contributed by atoms with E-state index in [1.807, 2.05) is 7.05 Å². The van der Waals surface area contributed by atoms with Crippen molar-refractivity contribution in [3.8, 4) is 0 Å². The number of hydrogen-bond acceptors (Lipinski definition) is 4. The molecule has 74 valence electrons. The molecule has 13 heavy (non-hydrogen) atoms. The molecule has 0 saturated heterocycles. The van der Waals surface area contributed by atoms with E-state index in [4.69, 9.17) is 0 Å². The number of nitrogens with zero attached hydrogens (tertiary/aromatic N) is 4. The van der Waals surface area contributed by atoms with E-state index < -0.39 is 0 Å². The van der Waals surface area contributed by atoms with Crippen LogP contribution in [0.3, 0.4) is 0 Å². The van der Waals surface area contributed by atoms with E-state index in [0.717, 1.165) is 18.8 Å². The van der Waals surface area contributed by atoms with Gasteiger partial charge in [-0.3, -0.25) is 0 Å². The lowest BCUT2D eigenvalue weighted by Gasteiger charge is -2.27. The zero-order valence-corrected chi connectivity index (χ0v) is 8.70. The van der Waals surface area contributed by atoms with Crippen LogP contribution in [0.15, 0.2) is 0 Å². The van der Waals surface area contributed by atoms with Gasteiger partial charge in [0.1, 0.15) is 0 Å². The molecule has 1 heterocycles. The molecular formula is C8H17N5. The van der Waals surface area contributed by atoms with Crippen LogP contribution in [-0.2, 0) is 7.05 Å². The first-order valence-corrected chi connectivity index (χ1v) is 4.62. The molecule has 0 amide bonds. The number of anilines is 1. The molecule has 0 aliphatic rings. The summed E-state index contributed by atoms with van der Waals surface area (Å²) < 4.78 is 1.64. The molecular weight excluding hydrogens is 166 g/mol. The summed E-state index contributed by atoms with van der Waals surface area (Å²) in [7, 11) is 1.83. The van der Waals surface area contributed by atoms with Gasteiger partial charge in [-0.1, -0.05) is 18.9 Å². The largest absolute Gasteiger partial charge is 0.348 e. The SMILES string of the molecule is CCC(C)(CC)Nc1nnnn1C. The molecule has 5 nitrogen and oxygen atoms in total. The zero-order valence-electron chi connectivity index (χ0n) is 8.70. The number of aromatic nitrogens is 4. The smallest absolute Gasteiger partial charge is 0.243 e. The maximum atomic E-state index is 3.89. The maximum absolute atomic E-state index is 3.89. The quantitative estimate of drug-likeness (QED) is 0.762. The van der Waals surface area contributed by atoms with Gasteiger partial charge in [-0.2, -0.15) is 0 Å². The highest BCUT2D eigenvalue weighted by molar-refractivity contribution is 5.26. The van der Waals surface area contributed by atoms with Crippen LogP contribution in [0.5, 0.6) is 0 Å². The van der Waals surface area contributed by atoms with Crippen LogP contribution in [0.1, 0.15) is 33.6 Å². The van der Waals surface area contributed by atoms with E-state index in [-0.39, 0.29) is 5.54 Å². The summed E-state index contributed by atoms with van der Waals surface area (Å²) in [6.45, 7) is 6.47. The first-order valence-electron chi connectivity index (χ1n) is 4.62. The zero-order chi connectivity index (χ0) is 9.90. The molecule has 0 bridgehead atoms. The Morgan fingerprint density at radius 1 is 1.38 bits per heavy atom. The van der Waals surface area contributed by atoms with Crippen LogP contribution in [0.4, 0.5) is 5.95 Å². The average molecular weight is 183 g/mol. The van der Waals surface area contributed by atoms with E-state index in [1.165, 1.54) is 0 Å². The average Bonchev–Trinajstić information content (AvgIpc) is 2.52. The Balaban J connectivity index is 2.73. The van der Waals surface area contributed by atoms with Crippen molar-refractivity contribution >= 4 is 5.95 Å². The Kier molecular flexibility index (Phi) is 2.85. The third-order valence-corrected chi connectivity index (χ3v) is 2.59. The Morgan fingerprint density at radius 2 is 2.00 bits per heavy atom. The first-order chi connectivity index (χ1) is 6.11. The molecule has 0 aliphatic heterocycles. The summed E-state index contributed by atoms with van der Waals surface area (Å²) in [6.07, 6.45) is 2.10. The first kappa shape index (κ1) is 9.95. The minimum absolute atomic E-state index is 0.0858. The van der Waals surface area contributed by atoms with Crippen LogP contribution in [0, 0.1) is 0 Å². The fourth-order valence-electron chi connectivity index (χ4n) is 1.03. The third kappa shape index (κ3) is 2.17. The predicted octanol–water partition coefficient (Wildman–Crippen LogP) is 1.20. The van der Waals surface area contributed by atoms with Crippen molar-refractivity contribution in [2.75, 3.05) is 5.32 Å². The van der Waals surface area contributed by atoms with E-state index >= 15 is 0 Å². The minimum Gasteiger partial charge on any atom is -0.348 e. The van der Waals surface area contributed by atoms with E-state index in [0.29, 0.717) is 0 Å². The van der Waals surface area contributed by atoms with Gasteiger partial charge in [-0.25, -0.2) is 4.68 Å². The van der Waals surface area contributed by atoms with Gasteiger partial charge in [0, 0.05) is 12.6 Å². The summed E-state index contributed by atoms with van der Waals surface area (Å²) in [5.74, 6) is 0.728. The highest BCUT2D eigenvalue weighted by Crippen LogP contribution is 2.18. The molecule has 5 heteroatoms. The lowest BCUT2D eigenvalue weighted by atomic mass is 9.96. The van der Waals surface area contributed by atoms with Crippen LogP contribution in [-0.4, -0.2) is 25.7 Å². The third-order valence-electron chi connectivity index (χ3n) is 2.59. The van der Waals surface area contributed by atoms with E-state index in [2.05, 4.69) is 41.6 Å². The van der Waals surface area contributed by atoms with Crippen molar-refractivity contribution in [3.63, 3.8) is 0 Å². The number of nitrogens with one attached hydrogen (secondary N) is 1. The van der Waals surface area contributed by atoms with Crippen LogP contribution in [0.25, 0.3) is 0 Å². The van der Waals surface area contributed by atoms with Crippen molar-refractivity contribution < 1.29 is 0 Å². The van der Waals surface area contributed by atoms with Gasteiger partial charge < -0.3 is 5.32 Å². The number of rotatable bonds is 4. The minimum atomic E-state index is 0.0858. The lowest BCUT2D eigenvalue weighted by Crippen LogP contribution is -2.34. The van der Waals surface area contributed by atoms with Gasteiger partial charge in [-0.15, -0.1) is 0 Å². The molecule has 0 fully saturated rings. The van der Waals surface area contributed by atoms with E-state index in [9.17, 15) is 0 Å². The molecule has 1 N–H and O–H groups in total. The molecule has 0 unspecified atom stereocenters. The fraction of sp³-hybridized carbons (Fsp3) is 0.875. The van der Waals surface area contributed by atoms with Crippen molar-refractivity contribution in [3.05, 3.63) is 0 Å². The highest BCUT2D eigenvalue weighted by atomic mass is 15.6. The van der Waals surface area contributed by atoms with Crippen LogP contribution >= 0.6 is 0 Å². The summed E-state index contributed by atoms with van der Waals surface area (Å²) in [4.78, 5) is 0. The molecule has 1 aromatic heterocycles. The predicted molar refractivity (Wildman–Crippen MR) is 51.4 cm³/mol. The molecule has 0 aliphatic carbocycles. The van der Waals surface area contributed by atoms with Crippen LogP contribution < -0.4 is 5.32 Å². The van der Waals surface area contributed by atoms with E-state index in [1.54, 1.807) is 4.68 Å². The van der Waals surface area contributed by atoms with Gasteiger partial charge in [0.25, 0.3) is 0 Å². The monoisotopic (exact) mass is 183 g/mol.